The van der Waals surface area contributed by atoms with Crippen molar-refractivity contribution in [3.05, 3.63) is 59.0 Å². The Bertz CT molecular complexity index is 945. The maximum Gasteiger partial charge on any atom is 0.291 e. The smallest absolute Gasteiger partial charge is 0.291 e. The van der Waals surface area contributed by atoms with Crippen molar-refractivity contribution in [2.75, 3.05) is 23.3 Å². The molecular weight excluding hydrogens is 420 g/mol. The summed E-state index contributed by atoms with van der Waals surface area (Å²) in [5, 5.41) is 11.6. The van der Waals surface area contributed by atoms with Crippen LogP contribution in [0.15, 0.2) is 57.6 Å². The average Bonchev–Trinajstić information content (AvgIpc) is 3.16. The Kier molecular flexibility index (Phi) is 5.43. The molecule has 28 heavy (non-hydrogen) atoms. The van der Waals surface area contributed by atoms with Gasteiger partial charge < -0.3 is 14.6 Å². The molecule has 0 unspecified atom stereocenters. The lowest BCUT2D eigenvalue weighted by molar-refractivity contribution is 0.0995. The Hall–Kier alpha value is -2.67. The van der Waals surface area contributed by atoms with Gasteiger partial charge in [-0.1, -0.05) is 19.1 Å². The molecule has 4 rings (SSSR count). The van der Waals surface area contributed by atoms with E-state index < -0.39 is 0 Å². The first kappa shape index (κ1) is 18.7. The number of piperidine rings is 1. The van der Waals surface area contributed by atoms with Gasteiger partial charge in [0, 0.05) is 24.3 Å². The summed E-state index contributed by atoms with van der Waals surface area (Å²) in [5.41, 5.74) is 2.44. The number of nitrogens with zero attached hydrogens (tertiary/aromatic N) is 3. The molecule has 3 aromatic rings. The third-order valence-corrected chi connectivity index (χ3v) is 5.42. The lowest BCUT2D eigenvalue weighted by Gasteiger charge is -2.30. The fraction of sp³-hybridized carbons (Fsp3) is 0.286. The van der Waals surface area contributed by atoms with Crippen LogP contribution in [0.2, 0.25) is 0 Å². The summed E-state index contributed by atoms with van der Waals surface area (Å²) in [6.07, 6.45) is 2.40. The molecule has 1 N–H and O–H groups in total. The molecule has 2 aromatic heterocycles. The van der Waals surface area contributed by atoms with Gasteiger partial charge in [-0.15, -0.1) is 10.2 Å². The predicted octanol–water partition coefficient (Wildman–Crippen LogP) is 4.99. The van der Waals surface area contributed by atoms with Crippen molar-refractivity contribution in [1.82, 2.24) is 10.2 Å². The molecule has 0 atom stereocenters. The lowest BCUT2D eigenvalue weighted by atomic mass is 9.99. The van der Waals surface area contributed by atoms with E-state index in [0.29, 0.717) is 10.4 Å². The highest BCUT2D eigenvalue weighted by atomic mass is 79.9. The molecule has 0 spiro atoms. The third-order valence-electron chi connectivity index (χ3n) is 4.99. The largest absolute Gasteiger partial charge is 0.444 e. The molecular formula is C21H21BrN4O2. The van der Waals surface area contributed by atoms with E-state index in [1.807, 2.05) is 36.4 Å². The minimum absolute atomic E-state index is 0.254. The van der Waals surface area contributed by atoms with Crippen LogP contribution in [0.1, 0.15) is 30.3 Å². The third kappa shape index (κ3) is 4.25. The number of amides is 1. The zero-order chi connectivity index (χ0) is 19.5. The molecule has 0 aliphatic carbocycles. The van der Waals surface area contributed by atoms with Crippen LogP contribution in [-0.2, 0) is 0 Å². The van der Waals surface area contributed by atoms with Crippen molar-refractivity contribution in [3.63, 3.8) is 0 Å². The van der Waals surface area contributed by atoms with Crippen LogP contribution in [0.4, 0.5) is 11.5 Å². The first-order chi connectivity index (χ1) is 13.6. The van der Waals surface area contributed by atoms with Crippen LogP contribution in [0, 0.1) is 5.92 Å². The van der Waals surface area contributed by atoms with Crippen molar-refractivity contribution >= 4 is 33.3 Å². The fourth-order valence-electron chi connectivity index (χ4n) is 3.24. The van der Waals surface area contributed by atoms with Gasteiger partial charge in [0.05, 0.1) is 5.69 Å². The van der Waals surface area contributed by atoms with Gasteiger partial charge in [-0.05, 0) is 71.1 Å². The van der Waals surface area contributed by atoms with Crippen molar-refractivity contribution in [3.8, 4) is 11.3 Å². The number of hydrogen-bond acceptors (Lipinski definition) is 5. The maximum atomic E-state index is 12.1. The standard InChI is InChI=1S/C21H21BrN4O2/c1-14-10-12-26(13-11-14)20-9-6-17(24-25-20)15-2-4-16(5-3-15)23-21(27)18-7-8-19(22)28-18/h2-9,14H,10-13H2,1H3,(H,23,27). The molecule has 144 valence electrons. The molecule has 0 radical (unpaired) electrons. The van der Waals surface area contributed by atoms with Crippen molar-refractivity contribution in [2.24, 2.45) is 5.92 Å². The van der Waals surface area contributed by atoms with Crippen molar-refractivity contribution in [2.45, 2.75) is 19.8 Å². The number of furan rings is 1. The van der Waals surface area contributed by atoms with E-state index in [1.54, 1.807) is 12.1 Å². The monoisotopic (exact) mass is 440 g/mol. The second-order valence-electron chi connectivity index (χ2n) is 7.08. The number of anilines is 2. The van der Waals surface area contributed by atoms with Crippen LogP contribution in [-0.4, -0.2) is 29.2 Å². The molecule has 0 bridgehead atoms. The molecule has 1 fully saturated rings. The van der Waals surface area contributed by atoms with Crippen LogP contribution < -0.4 is 10.2 Å². The Labute approximate surface area is 172 Å². The molecule has 1 aliphatic heterocycles. The van der Waals surface area contributed by atoms with Gasteiger partial charge in [0.15, 0.2) is 16.2 Å². The Morgan fingerprint density at radius 3 is 2.43 bits per heavy atom. The number of nitrogens with one attached hydrogen (secondary N) is 1. The second kappa shape index (κ2) is 8.14. The normalized spacial score (nSPS) is 14.9. The van der Waals surface area contributed by atoms with Crippen LogP contribution in [0.3, 0.4) is 0 Å². The van der Waals surface area contributed by atoms with Gasteiger partial charge in [0.2, 0.25) is 0 Å². The summed E-state index contributed by atoms with van der Waals surface area (Å²) in [4.78, 5) is 14.4. The fourth-order valence-corrected chi connectivity index (χ4v) is 3.55. The first-order valence-electron chi connectivity index (χ1n) is 9.34. The van der Waals surface area contributed by atoms with Gasteiger partial charge >= 0.3 is 0 Å². The Morgan fingerprint density at radius 2 is 1.82 bits per heavy atom. The predicted molar refractivity (Wildman–Crippen MR) is 112 cm³/mol. The van der Waals surface area contributed by atoms with Crippen molar-refractivity contribution < 1.29 is 9.21 Å². The topological polar surface area (TPSA) is 71.3 Å². The number of aromatic nitrogens is 2. The quantitative estimate of drug-likeness (QED) is 0.618. The summed E-state index contributed by atoms with van der Waals surface area (Å²) < 4.78 is 5.78. The summed E-state index contributed by atoms with van der Waals surface area (Å²) in [6.45, 7) is 4.37. The molecule has 1 saturated heterocycles. The van der Waals surface area contributed by atoms with Gasteiger partial charge in [-0.3, -0.25) is 4.79 Å². The second-order valence-corrected chi connectivity index (χ2v) is 7.86. The van der Waals surface area contributed by atoms with E-state index >= 15 is 0 Å². The highest BCUT2D eigenvalue weighted by Crippen LogP contribution is 2.24. The molecule has 6 nitrogen and oxygen atoms in total. The number of carbonyl (C=O) groups excluding carboxylic acids is 1. The van der Waals surface area contributed by atoms with E-state index in [4.69, 9.17) is 4.42 Å². The minimum atomic E-state index is -0.293. The highest BCUT2D eigenvalue weighted by molar-refractivity contribution is 9.10. The van der Waals surface area contributed by atoms with E-state index in [2.05, 4.69) is 43.3 Å². The average molecular weight is 441 g/mol. The van der Waals surface area contributed by atoms with Gasteiger partial charge in [-0.2, -0.15) is 0 Å². The summed E-state index contributed by atoms with van der Waals surface area (Å²) in [6, 6.07) is 14.8. The molecule has 3 heterocycles. The molecule has 1 aliphatic rings. The number of carbonyl (C=O) groups is 1. The molecule has 0 saturated carbocycles. The summed E-state index contributed by atoms with van der Waals surface area (Å²) >= 11 is 3.19. The Morgan fingerprint density at radius 1 is 1.07 bits per heavy atom. The van der Waals surface area contributed by atoms with E-state index in [0.717, 1.165) is 36.1 Å². The first-order valence-corrected chi connectivity index (χ1v) is 10.1. The van der Waals surface area contributed by atoms with Crippen molar-refractivity contribution in [1.29, 1.82) is 0 Å². The zero-order valence-electron chi connectivity index (χ0n) is 15.6. The van der Waals surface area contributed by atoms with Crippen LogP contribution >= 0.6 is 15.9 Å². The molecule has 1 amide bonds. The molecule has 1 aromatic carbocycles. The number of halogens is 1. The van der Waals surface area contributed by atoms with E-state index in [1.165, 1.54) is 12.8 Å². The van der Waals surface area contributed by atoms with E-state index in [-0.39, 0.29) is 11.7 Å². The maximum absolute atomic E-state index is 12.1. The van der Waals surface area contributed by atoms with Gasteiger partial charge in [0.25, 0.3) is 5.91 Å². The van der Waals surface area contributed by atoms with E-state index in [9.17, 15) is 4.79 Å². The van der Waals surface area contributed by atoms with Crippen LogP contribution in [0.25, 0.3) is 11.3 Å². The Balaban J connectivity index is 1.41. The zero-order valence-corrected chi connectivity index (χ0v) is 17.1. The van der Waals surface area contributed by atoms with Gasteiger partial charge in [0.1, 0.15) is 0 Å². The summed E-state index contributed by atoms with van der Waals surface area (Å²) in [7, 11) is 0. The number of hydrogen-bond donors (Lipinski definition) is 1. The van der Waals surface area contributed by atoms with Crippen LogP contribution in [0.5, 0.6) is 0 Å². The minimum Gasteiger partial charge on any atom is -0.444 e. The number of benzene rings is 1. The SMILES string of the molecule is CC1CCN(c2ccc(-c3ccc(NC(=O)c4ccc(Br)o4)cc3)nn2)CC1. The number of rotatable bonds is 4. The highest BCUT2D eigenvalue weighted by Gasteiger charge is 2.17. The van der Waals surface area contributed by atoms with Gasteiger partial charge in [-0.25, -0.2) is 0 Å². The molecule has 7 heteroatoms. The summed E-state index contributed by atoms with van der Waals surface area (Å²) in [5.74, 6) is 1.68. The lowest BCUT2D eigenvalue weighted by Crippen LogP contribution is -2.33.